The molecule has 0 atom stereocenters. The summed E-state index contributed by atoms with van der Waals surface area (Å²) in [5.41, 5.74) is 1.23. The van der Waals surface area contributed by atoms with Crippen molar-refractivity contribution in [2.45, 2.75) is 31.4 Å². The van der Waals surface area contributed by atoms with E-state index in [0.29, 0.717) is 28.8 Å². The lowest BCUT2D eigenvalue weighted by Crippen LogP contribution is -2.42. The first-order valence-electron chi connectivity index (χ1n) is 9.69. The highest BCUT2D eigenvalue weighted by Gasteiger charge is 2.48. The molecule has 1 fully saturated rings. The molecule has 2 aromatic carbocycles. The van der Waals surface area contributed by atoms with E-state index in [2.05, 4.69) is 10.3 Å². The number of nitrogens with one attached hydrogen (secondary N) is 2. The molecule has 0 saturated heterocycles. The van der Waals surface area contributed by atoms with Gasteiger partial charge in [-0.1, -0.05) is 12.1 Å². The van der Waals surface area contributed by atoms with Gasteiger partial charge in [0.05, 0.1) is 17.9 Å². The first-order chi connectivity index (χ1) is 14.6. The molecule has 31 heavy (non-hydrogen) atoms. The standard InChI is InChI=1S/C22H19F5N2O2/c23-21(24)10-14(11-21)20(30)29-19-12-28-18-6-5-16(9-17(18)19)31-8-7-13-1-3-15(4-2-13)22(25,26)27/h1-6,9,12,14,28H,7-8,10-11H2,(H,29,30). The Balaban J connectivity index is 1.36. The Morgan fingerprint density at radius 2 is 1.84 bits per heavy atom. The minimum Gasteiger partial charge on any atom is -0.493 e. The maximum atomic E-state index is 13.0. The van der Waals surface area contributed by atoms with Crippen LogP contribution in [0.5, 0.6) is 5.75 Å². The van der Waals surface area contributed by atoms with E-state index in [1.54, 1.807) is 24.4 Å². The monoisotopic (exact) mass is 438 g/mol. The summed E-state index contributed by atoms with van der Waals surface area (Å²) in [6.45, 7) is 0.250. The summed E-state index contributed by atoms with van der Waals surface area (Å²) >= 11 is 0. The van der Waals surface area contributed by atoms with Gasteiger partial charge in [-0.3, -0.25) is 4.79 Å². The van der Waals surface area contributed by atoms with E-state index in [1.165, 1.54) is 12.1 Å². The van der Waals surface area contributed by atoms with Crippen molar-refractivity contribution in [3.8, 4) is 5.75 Å². The van der Waals surface area contributed by atoms with Crippen LogP contribution in [0.1, 0.15) is 24.0 Å². The van der Waals surface area contributed by atoms with Crippen molar-refractivity contribution >= 4 is 22.5 Å². The number of aromatic amines is 1. The summed E-state index contributed by atoms with van der Waals surface area (Å²) in [5.74, 6) is -3.40. The van der Waals surface area contributed by atoms with Crippen LogP contribution in [-0.4, -0.2) is 23.4 Å². The van der Waals surface area contributed by atoms with E-state index in [0.717, 1.165) is 17.6 Å². The van der Waals surface area contributed by atoms with Gasteiger partial charge in [0.25, 0.3) is 0 Å². The smallest absolute Gasteiger partial charge is 0.416 e. The zero-order valence-corrected chi connectivity index (χ0v) is 16.2. The second-order valence-corrected chi connectivity index (χ2v) is 7.65. The van der Waals surface area contributed by atoms with Crippen LogP contribution in [0.25, 0.3) is 10.9 Å². The number of amides is 1. The molecule has 1 aliphatic rings. The maximum Gasteiger partial charge on any atom is 0.416 e. The normalized spacial score (nSPS) is 16.2. The lowest BCUT2D eigenvalue weighted by molar-refractivity contribution is -0.145. The van der Waals surface area contributed by atoms with Gasteiger partial charge in [0, 0.05) is 42.3 Å². The first-order valence-corrected chi connectivity index (χ1v) is 9.69. The molecule has 0 unspecified atom stereocenters. The number of carbonyl (C=O) groups excluding carboxylic acids is 1. The highest BCUT2D eigenvalue weighted by Crippen LogP contribution is 2.43. The number of carbonyl (C=O) groups is 1. The number of halogens is 5. The molecule has 3 aromatic rings. The minimum absolute atomic E-state index is 0.250. The predicted octanol–water partition coefficient (Wildman–Crippen LogP) is 5.79. The van der Waals surface area contributed by atoms with E-state index >= 15 is 0 Å². The highest BCUT2D eigenvalue weighted by atomic mass is 19.4. The predicted molar refractivity (Wildman–Crippen MR) is 105 cm³/mol. The molecule has 1 aromatic heterocycles. The van der Waals surface area contributed by atoms with Gasteiger partial charge in [0.15, 0.2) is 0 Å². The second-order valence-electron chi connectivity index (χ2n) is 7.65. The average molecular weight is 438 g/mol. The van der Waals surface area contributed by atoms with Crippen LogP contribution in [0.4, 0.5) is 27.6 Å². The fourth-order valence-electron chi connectivity index (χ4n) is 3.52. The van der Waals surface area contributed by atoms with Gasteiger partial charge < -0.3 is 15.0 Å². The van der Waals surface area contributed by atoms with E-state index in [9.17, 15) is 26.7 Å². The number of anilines is 1. The molecular weight excluding hydrogens is 419 g/mol. The Hall–Kier alpha value is -3.10. The summed E-state index contributed by atoms with van der Waals surface area (Å²) < 4.78 is 69.6. The van der Waals surface area contributed by atoms with Crippen molar-refractivity contribution in [2.24, 2.45) is 5.92 Å². The Morgan fingerprint density at radius 1 is 1.13 bits per heavy atom. The first kappa shape index (κ1) is 21.1. The maximum absolute atomic E-state index is 13.0. The third-order valence-corrected chi connectivity index (χ3v) is 5.31. The molecule has 2 N–H and O–H groups in total. The van der Waals surface area contributed by atoms with E-state index in [-0.39, 0.29) is 6.61 Å². The van der Waals surface area contributed by atoms with Crippen molar-refractivity contribution < 1.29 is 31.5 Å². The topological polar surface area (TPSA) is 54.1 Å². The van der Waals surface area contributed by atoms with Crippen molar-refractivity contribution in [2.75, 3.05) is 11.9 Å². The lowest BCUT2D eigenvalue weighted by atomic mass is 9.81. The van der Waals surface area contributed by atoms with Gasteiger partial charge in [0.1, 0.15) is 5.75 Å². The van der Waals surface area contributed by atoms with Crippen LogP contribution in [0.15, 0.2) is 48.7 Å². The number of aromatic nitrogens is 1. The number of rotatable bonds is 6. The fourth-order valence-corrected chi connectivity index (χ4v) is 3.52. The van der Waals surface area contributed by atoms with Crippen LogP contribution >= 0.6 is 0 Å². The molecule has 0 radical (unpaired) electrons. The molecule has 4 nitrogen and oxygen atoms in total. The summed E-state index contributed by atoms with van der Waals surface area (Å²) in [4.78, 5) is 15.2. The van der Waals surface area contributed by atoms with E-state index in [1.807, 2.05) is 0 Å². The molecule has 9 heteroatoms. The number of fused-ring (bicyclic) bond motifs is 1. The summed E-state index contributed by atoms with van der Waals surface area (Å²) in [6, 6.07) is 10.1. The zero-order valence-electron chi connectivity index (χ0n) is 16.2. The SMILES string of the molecule is O=C(Nc1c[nH]c2ccc(OCCc3ccc(C(F)(F)F)cc3)cc12)C1CC(F)(F)C1. The zero-order chi connectivity index (χ0) is 22.2. The van der Waals surface area contributed by atoms with Gasteiger partial charge in [-0.05, 0) is 35.9 Å². The quantitative estimate of drug-likeness (QED) is 0.479. The molecule has 0 bridgehead atoms. The van der Waals surface area contributed by atoms with Crippen molar-refractivity contribution in [3.63, 3.8) is 0 Å². The molecule has 1 heterocycles. The fraction of sp³-hybridized carbons (Fsp3) is 0.318. The summed E-state index contributed by atoms with van der Waals surface area (Å²) in [5, 5.41) is 3.35. The van der Waals surface area contributed by atoms with Crippen molar-refractivity contribution in [1.82, 2.24) is 4.98 Å². The van der Waals surface area contributed by atoms with Gasteiger partial charge in [-0.2, -0.15) is 13.2 Å². The second kappa shape index (κ2) is 7.86. The third-order valence-electron chi connectivity index (χ3n) is 5.31. The molecule has 1 amide bonds. The molecule has 0 spiro atoms. The van der Waals surface area contributed by atoms with Crippen LogP contribution in [-0.2, 0) is 17.4 Å². The van der Waals surface area contributed by atoms with Crippen LogP contribution in [0, 0.1) is 5.92 Å². The van der Waals surface area contributed by atoms with E-state index in [4.69, 9.17) is 4.74 Å². The molecule has 164 valence electrons. The third kappa shape index (κ3) is 4.81. The van der Waals surface area contributed by atoms with Gasteiger partial charge in [-0.25, -0.2) is 8.78 Å². The summed E-state index contributed by atoms with van der Waals surface area (Å²) in [6.07, 6.45) is -3.25. The number of hydrogen-bond donors (Lipinski definition) is 2. The minimum atomic E-state index is -4.37. The lowest BCUT2D eigenvalue weighted by Gasteiger charge is -2.33. The van der Waals surface area contributed by atoms with Gasteiger partial charge in [0.2, 0.25) is 11.8 Å². The number of H-pyrrole nitrogens is 1. The molecule has 1 aliphatic carbocycles. The number of alkyl halides is 5. The number of ether oxygens (including phenoxy) is 1. The Bertz CT molecular complexity index is 1080. The van der Waals surface area contributed by atoms with Crippen molar-refractivity contribution in [1.29, 1.82) is 0 Å². The molecule has 1 saturated carbocycles. The van der Waals surface area contributed by atoms with E-state index < -0.39 is 42.3 Å². The number of benzene rings is 2. The Labute approximate surface area is 174 Å². The average Bonchev–Trinajstić information content (AvgIpc) is 3.08. The van der Waals surface area contributed by atoms with Crippen LogP contribution in [0.3, 0.4) is 0 Å². The van der Waals surface area contributed by atoms with Crippen LogP contribution < -0.4 is 10.1 Å². The Morgan fingerprint density at radius 3 is 2.48 bits per heavy atom. The Kier molecular flexibility index (Phi) is 5.36. The molecular formula is C22H19F5N2O2. The number of hydrogen-bond acceptors (Lipinski definition) is 2. The van der Waals surface area contributed by atoms with Crippen LogP contribution in [0.2, 0.25) is 0 Å². The highest BCUT2D eigenvalue weighted by molar-refractivity contribution is 6.03. The summed E-state index contributed by atoms with van der Waals surface area (Å²) in [7, 11) is 0. The van der Waals surface area contributed by atoms with Crippen molar-refractivity contribution in [3.05, 3.63) is 59.8 Å². The molecule has 4 rings (SSSR count). The van der Waals surface area contributed by atoms with Gasteiger partial charge in [-0.15, -0.1) is 0 Å². The largest absolute Gasteiger partial charge is 0.493 e. The van der Waals surface area contributed by atoms with Gasteiger partial charge >= 0.3 is 6.18 Å². The molecule has 0 aliphatic heterocycles.